The summed E-state index contributed by atoms with van der Waals surface area (Å²) >= 11 is 0. The molecule has 0 saturated carbocycles. The molecule has 0 aliphatic heterocycles. The molecule has 3 nitrogen and oxygen atoms in total. The van der Waals surface area contributed by atoms with Crippen LogP contribution in [-0.2, 0) is 6.54 Å². The van der Waals surface area contributed by atoms with Crippen molar-refractivity contribution in [3.05, 3.63) is 71.3 Å². The molecule has 3 heteroatoms. The molecule has 0 atom stereocenters. The fourth-order valence-electron chi connectivity index (χ4n) is 1.74. The van der Waals surface area contributed by atoms with Gasteiger partial charge in [-0.25, -0.2) is 0 Å². The largest absolute Gasteiger partial charge is 0.348 e. The molecule has 2 aromatic rings. The molecular weight excluding hydrogens is 248 g/mol. The number of carbonyl (C=O) groups is 1. The Hall–Kier alpha value is -2.57. The molecule has 2 rings (SSSR count). The van der Waals surface area contributed by atoms with Crippen LogP contribution in [0.25, 0.3) is 0 Å². The number of nitrogens with two attached hydrogens (primary N) is 1. The number of carbonyl (C=O) groups excluding carboxylic acids is 1. The molecule has 0 unspecified atom stereocenters. The van der Waals surface area contributed by atoms with Gasteiger partial charge >= 0.3 is 0 Å². The zero-order valence-corrected chi connectivity index (χ0v) is 11.1. The lowest BCUT2D eigenvalue weighted by Gasteiger charge is -2.05. The van der Waals surface area contributed by atoms with Crippen LogP contribution in [0.15, 0.2) is 54.6 Å². The van der Waals surface area contributed by atoms with Crippen LogP contribution in [0.3, 0.4) is 0 Å². The van der Waals surface area contributed by atoms with E-state index in [-0.39, 0.29) is 5.91 Å². The third-order valence-corrected chi connectivity index (χ3v) is 2.78. The molecule has 2 aromatic carbocycles. The van der Waals surface area contributed by atoms with Crippen LogP contribution in [0.5, 0.6) is 0 Å². The summed E-state index contributed by atoms with van der Waals surface area (Å²) < 4.78 is 0. The van der Waals surface area contributed by atoms with Gasteiger partial charge in [0, 0.05) is 17.7 Å². The fraction of sp³-hybridized carbons (Fsp3) is 0.118. The Balaban J connectivity index is 1.96. The maximum atomic E-state index is 12.0. The highest BCUT2D eigenvalue weighted by atomic mass is 16.1. The standard InChI is InChI=1S/C17H16N2O/c18-12-4-7-14-8-10-16(11-9-14)17(20)19-13-15-5-2-1-3-6-15/h1-3,5-6,8-11H,12-13,18H2,(H,19,20). The smallest absolute Gasteiger partial charge is 0.251 e. The first-order valence-corrected chi connectivity index (χ1v) is 6.41. The van der Waals surface area contributed by atoms with Gasteiger partial charge in [-0.05, 0) is 29.8 Å². The van der Waals surface area contributed by atoms with Crippen LogP contribution >= 0.6 is 0 Å². The fourth-order valence-corrected chi connectivity index (χ4v) is 1.74. The third kappa shape index (κ3) is 3.98. The molecule has 0 aliphatic carbocycles. The normalized spacial score (nSPS) is 9.45. The molecular formula is C17H16N2O. The van der Waals surface area contributed by atoms with E-state index in [9.17, 15) is 4.79 Å². The molecule has 100 valence electrons. The molecule has 0 fully saturated rings. The van der Waals surface area contributed by atoms with E-state index in [1.54, 1.807) is 12.1 Å². The van der Waals surface area contributed by atoms with Crippen LogP contribution in [0.1, 0.15) is 21.5 Å². The second kappa shape index (κ2) is 7.13. The predicted molar refractivity (Wildman–Crippen MR) is 80.0 cm³/mol. The minimum absolute atomic E-state index is 0.0906. The SMILES string of the molecule is NCC#Cc1ccc(C(=O)NCc2ccccc2)cc1. The zero-order chi connectivity index (χ0) is 14.2. The highest BCUT2D eigenvalue weighted by Gasteiger charge is 2.04. The number of hydrogen-bond acceptors (Lipinski definition) is 2. The maximum Gasteiger partial charge on any atom is 0.251 e. The molecule has 0 heterocycles. The van der Waals surface area contributed by atoms with Crippen molar-refractivity contribution in [1.82, 2.24) is 5.32 Å². The quantitative estimate of drug-likeness (QED) is 0.832. The van der Waals surface area contributed by atoms with E-state index in [2.05, 4.69) is 17.2 Å². The number of benzene rings is 2. The minimum Gasteiger partial charge on any atom is -0.348 e. The second-order valence-corrected chi connectivity index (χ2v) is 4.25. The van der Waals surface area contributed by atoms with Crippen molar-refractivity contribution < 1.29 is 4.79 Å². The van der Waals surface area contributed by atoms with Gasteiger partial charge in [0.25, 0.3) is 5.91 Å². The van der Waals surface area contributed by atoms with Gasteiger partial charge in [-0.1, -0.05) is 42.2 Å². The number of hydrogen-bond donors (Lipinski definition) is 2. The third-order valence-electron chi connectivity index (χ3n) is 2.78. The molecule has 0 aliphatic rings. The summed E-state index contributed by atoms with van der Waals surface area (Å²) in [6.45, 7) is 0.855. The lowest BCUT2D eigenvalue weighted by atomic mass is 10.1. The van der Waals surface area contributed by atoms with Crippen LogP contribution in [0.2, 0.25) is 0 Å². The van der Waals surface area contributed by atoms with E-state index in [0.717, 1.165) is 11.1 Å². The Morgan fingerprint density at radius 1 is 1.05 bits per heavy atom. The Bertz CT molecular complexity index is 622. The van der Waals surface area contributed by atoms with Crippen molar-refractivity contribution >= 4 is 5.91 Å². The summed E-state index contributed by atoms with van der Waals surface area (Å²) in [5.74, 6) is 5.61. The predicted octanol–water partition coefficient (Wildman–Crippen LogP) is 1.93. The van der Waals surface area contributed by atoms with E-state index < -0.39 is 0 Å². The molecule has 3 N–H and O–H groups in total. The molecule has 20 heavy (non-hydrogen) atoms. The van der Waals surface area contributed by atoms with Gasteiger partial charge in [-0.3, -0.25) is 4.79 Å². The van der Waals surface area contributed by atoms with Gasteiger partial charge in [-0.2, -0.15) is 0 Å². The van der Waals surface area contributed by atoms with E-state index in [1.807, 2.05) is 42.5 Å². The second-order valence-electron chi connectivity index (χ2n) is 4.25. The first-order chi connectivity index (χ1) is 9.79. The lowest BCUT2D eigenvalue weighted by Crippen LogP contribution is -2.22. The monoisotopic (exact) mass is 264 g/mol. The Morgan fingerprint density at radius 2 is 1.75 bits per heavy atom. The van der Waals surface area contributed by atoms with Gasteiger partial charge in [-0.15, -0.1) is 0 Å². The number of nitrogens with one attached hydrogen (secondary N) is 1. The van der Waals surface area contributed by atoms with Crippen molar-refractivity contribution in [2.45, 2.75) is 6.54 Å². The van der Waals surface area contributed by atoms with Crippen LogP contribution < -0.4 is 11.1 Å². The van der Waals surface area contributed by atoms with Crippen molar-refractivity contribution in [2.24, 2.45) is 5.73 Å². The summed E-state index contributed by atoms with van der Waals surface area (Å²) in [5, 5.41) is 2.88. The maximum absolute atomic E-state index is 12.0. The van der Waals surface area contributed by atoms with Gasteiger partial charge in [0.1, 0.15) is 0 Å². The van der Waals surface area contributed by atoms with Crippen molar-refractivity contribution in [1.29, 1.82) is 0 Å². The molecule has 1 amide bonds. The van der Waals surface area contributed by atoms with Crippen LogP contribution in [0, 0.1) is 11.8 Å². The van der Waals surface area contributed by atoms with Crippen molar-refractivity contribution in [2.75, 3.05) is 6.54 Å². The molecule has 0 radical (unpaired) electrons. The summed E-state index contributed by atoms with van der Waals surface area (Å²) in [5.41, 5.74) is 7.87. The zero-order valence-electron chi connectivity index (χ0n) is 11.1. The summed E-state index contributed by atoms with van der Waals surface area (Å²) in [7, 11) is 0. The lowest BCUT2D eigenvalue weighted by molar-refractivity contribution is 0.0951. The van der Waals surface area contributed by atoms with Crippen LogP contribution in [-0.4, -0.2) is 12.5 Å². The molecule has 0 spiro atoms. The van der Waals surface area contributed by atoms with E-state index >= 15 is 0 Å². The average Bonchev–Trinajstić information content (AvgIpc) is 2.52. The molecule has 0 bridgehead atoms. The Labute approximate surface area is 118 Å². The Morgan fingerprint density at radius 3 is 2.40 bits per heavy atom. The van der Waals surface area contributed by atoms with E-state index in [0.29, 0.717) is 18.7 Å². The average molecular weight is 264 g/mol. The van der Waals surface area contributed by atoms with Crippen LogP contribution in [0.4, 0.5) is 0 Å². The van der Waals surface area contributed by atoms with Gasteiger partial charge in [0.15, 0.2) is 0 Å². The number of rotatable bonds is 3. The summed E-state index contributed by atoms with van der Waals surface area (Å²) in [6.07, 6.45) is 0. The van der Waals surface area contributed by atoms with Gasteiger partial charge < -0.3 is 11.1 Å². The minimum atomic E-state index is -0.0906. The summed E-state index contributed by atoms with van der Waals surface area (Å²) in [6, 6.07) is 17.0. The highest BCUT2D eigenvalue weighted by molar-refractivity contribution is 5.94. The van der Waals surface area contributed by atoms with Gasteiger partial charge in [0.05, 0.1) is 6.54 Å². The molecule has 0 saturated heterocycles. The van der Waals surface area contributed by atoms with Crippen molar-refractivity contribution in [3.8, 4) is 11.8 Å². The Kier molecular flexibility index (Phi) is 4.94. The summed E-state index contributed by atoms with van der Waals surface area (Å²) in [4.78, 5) is 12.0. The van der Waals surface area contributed by atoms with E-state index in [4.69, 9.17) is 5.73 Å². The number of amides is 1. The van der Waals surface area contributed by atoms with Gasteiger partial charge in [0.2, 0.25) is 0 Å². The van der Waals surface area contributed by atoms with Crippen molar-refractivity contribution in [3.63, 3.8) is 0 Å². The first-order valence-electron chi connectivity index (χ1n) is 6.41. The topological polar surface area (TPSA) is 55.1 Å². The highest BCUT2D eigenvalue weighted by Crippen LogP contribution is 2.04. The van der Waals surface area contributed by atoms with E-state index in [1.165, 1.54) is 0 Å². The first kappa shape index (κ1) is 13.9. The molecule has 0 aromatic heterocycles.